The Labute approximate surface area is 202 Å². The molecule has 0 saturated carbocycles. The van der Waals surface area contributed by atoms with Gasteiger partial charge < -0.3 is 15.1 Å². The minimum atomic E-state index is -0.750. The van der Waals surface area contributed by atoms with Crippen molar-refractivity contribution < 1.29 is 15.0 Å². The number of piperidine rings is 1. The van der Waals surface area contributed by atoms with Gasteiger partial charge in [0.05, 0.1) is 16.5 Å². The molecule has 1 aromatic carbocycles. The molecule has 0 radical (unpaired) electrons. The number of aromatic nitrogens is 4. The molecule has 10 heteroatoms. The van der Waals surface area contributed by atoms with Crippen molar-refractivity contribution in [2.24, 2.45) is 7.05 Å². The third kappa shape index (κ3) is 7.08. The summed E-state index contributed by atoms with van der Waals surface area (Å²) < 4.78 is 2.74. The van der Waals surface area contributed by atoms with Crippen molar-refractivity contribution in [3.05, 3.63) is 72.8 Å². The topological polar surface area (TPSA) is 116 Å². The van der Waals surface area contributed by atoms with Crippen LogP contribution in [0, 0.1) is 0 Å². The summed E-state index contributed by atoms with van der Waals surface area (Å²) >= 11 is 1.43. The zero-order chi connectivity index (χ0) is 24.4. The monoisotopic (exact) mass is 482 g/mol. The lowest BCUT2D eigenvalue weighted by Crippen LogP contribution is -2.48. The summed E-state index contributed by atoms with van der Waals surface area (Å²) in [6.07, 6.45) is 8.79. The normalized spacial score (nSPS) is 14.4. The van der Waals surface area contributed by atoms with E-state index < -0.39 is 5.60 Å². The van der Waals surface area contributed by atoms with E-state index >= 15 is 0 Å². The lowest BCUT2D eigenvalue weighted by atomic mass is 9.85. The molecule has 0 atom stereocenters. The molecule has 1 fully saturated rings. The molecule has 1 aliphatic rings. The molecule has 34 heavy (non-hydrogen) atoms. The fourth-order valence-corrected chi connectivity index (χ4v) is 4.45. The molecule has 9 nitrogen and oxygen atoms in total. The average Bonchev–Trinajstić information content (AvgIpc) is 3.50. The van der Waals surface area contributed by atoms with E-state index in [1.807, 2.05) is 55.7 Å². The maximum atomic E-state index is 12.5. The number of anilines is 1. The third-order valence-corrected chi connectivity index (χ3v) is 6.35. The van der Waals surface area contributed by atoms with Crippen molar-refractivity contribution in [3.63, 3.8) is 0 Å². The number of thiazole rings is 1. The third-order valence-electron chi connectivity index (χ3n) is 5.40. The van der Waals surface area contributed by atoms with Crippen molar-refractivity contribution in [1.29, 1.82) is 0 Å². The number of urea groups is 1. The Morgan fingerprint density at radius 1 is 1.12 bits per heavy atom. The number of aliphatic hydroxyl groups is 2. The van der Waals surface area contributed by atoms with E-state index in [9.17, 15) is 9.90 Å². The highest BCUT2D eigenvalue weighted by molar-refractivity contribution is 7.22. The second kappa shape index (κ2) is 12.2. The van der Waals surface area contributed by atoms with Crippen LogP contribution < -0.4 is 5.32 Å². The van der Waals surface area contributed by atoms with Gasteiger partial charge in [-0.1, -0.05) is 41.7 Å². The standard InChI is InChI=1S/C19H20N4O2S.C4H6N2.CH4O/c24-18(22-17-21-15-13-20-9-6-16(15)26-17)23-10-7-19(25,8-11-23)12-14-4-2-1-3-5-14;1-6-4-2-3-5-6;1-2/h1-6,9,13,25H,7-8,10-12H2,(H,21,22,24);2-4H,1H3;2H,1H3. The van der Waals surface area contributed by atoms with Crippen LogP contribution in [0.1, 0.15) is 18.4 Å². The highest BCUT2D eigenvalue weighted by Crippen LogP contribution is 2.28. The largest absolute Gasteiger partial charge is 0.400 e. The van der Waals surface area contributed by atoms with Crippen molar-refractivity contribution in [3.8, 4) is 0 Å². The van der Waals surface area contributed by atoms with Gasteiger partial charge in [-0.2, -0.15) is 5.10 Å². The Morgan fingerprint density at radius 2 is 1.85 bits per heavy atom. The van der Waals surface area contributed by atoms with Crippen LogP contribution in [0.2, 0.25) is 0 Å². The van der Waals surface area contributed by atoms with E-state index in [-0.39, 0.29) is 6.03 Å². The number of hydrogen-bond donors (Lipinski definition) is 3. The van der Waals surface area contributed by atoms with Crippen LogP contribution in [0.25, 0.3) is 10.2 Å². The van der Waals surface area contributed by atoms with Crippen LogP contribution >= 0.6 is 11.3 Å². The molecule has 1 saturated heterocycles. The van der Waals surface area contributed by atoms with Crippen molar-refractivity contribution >= 4 is 32.7 Å². The number of aryl methyl sites for hydroxylation is 1. The van der Waals surface area contributed by atoms with Crippen LogP contribution in [-0.2, 0) is 13.5 Å². The summed E-state index contributed by atoms with van der Waals surface area (Å²) in [4.78, 5) is 22.7. The van der Waals surface area contributed by atoms with Crippen LogP contribution in [0.3, 0.4) is 0 Å². The number of amides is 2. The summed E-state index contributed by atoms with van der Waals surface area (Å²) in [7, 11) is 2.89. The van der Waals surface area contributed by atoms with Gasteiger partial charge >= 0.3 is 6.03 Å². The molecule has 4 aromatic rings. The van der Waals surface area contributed by atoms with Gasteiger partial charge in [0.25, 0.3) is 0 Å². The van der Waals surface area contributed by atoms with E-state index in [0.29, 0.717) is 37.5 Å². The van der Waals surface area contributed by atoms with Crippen LogP contribution in [-0.4, -0.2) is 66.7 Å². The molecular formula is C24H30N6O3S. The Bertz CT molecular complexity index is 1110. The lowest BCUT2D eigenvalue weighted by molar-refractivity contribution is -0.0104. The van der Waals surface area contributed by atoms with Gasteiger partial charge in [0, 0.05) is 52.3 Å². The molecule has 2 amide bonds. The molecule has 5 rings (SSSR count). The van der Waals surface area contributed by atoms with Crippen molar-refractivity contribution in [2.75, 3.05) is 25.5 Å². The fourth-order valence-electron chi connectivity index (χ4n) is 3.63. The first-order chi connectivity index (χ1) is 16.5. The summed E-state index contributed by atoms with van der Waals surface area (Å²) in [5, 5.41) is 25.1. The highest BCUT2D eigenvalue weighted by Gasteiger charge is 2.34. The smallest absolute Gasteiger partial charge is 0.323 e. The summed E-state index contributed by atoms with van der Waals surface area (Å²) in [6, 6.07) is 13.6. The first-order valence-corrected chi connectivity index (χ1v) is 11.7. The number of carbonyl (C=O) groups excluding carboxylic acids is 1. The minimum absolute atomic E-state index is 0.168. The van der Waals surface area contributed by atoms with Crippen LogP contribution in [0.15, 0.2) is 67.3 Å². The quantitative estimate of drug-likeness (QED) is 0.413. The number of aliphatic hydroxyl groups excluding tert-OH is 1. The van der Waals surface area contributed by atoms with Gasteiger partial charge in [-0.25, -0.2) is 9.78 Å². The predicted octanol–water partition coefficient (Wildman–Crippen LogP) is 3.32. The number of hydrogen-bond acceptors (Lipinski definition) is 7. The van der Waals surface area contributed by atoms with Gasteiger partial charge in [-0.05, 0) is 30.5 Å². The molecular weight excluding hydrogens is 452 g/mol. The van der Waals surface area contributed by atoms with Gasteiger partial charge in [0.15, 0.2) is 5.13 Å². The van der Waals surface area contributed by atoms with Gasteiger partial charge in [-0.3, -0.25) is 15.0 Å². The number of pyridine rings is 1. The Balaban J connectivity index is 0.000000348. The van der Waals surface area contributed by atoms with E-state index in [4.69, 9.17) is 5.11 Å². The highest BCUT2D eigenvalue weighted by atomic mass is 32.1. The molecule has 0 bridgehead atoms. The molecule has 0 unspecified atom stereocenters. The Kier molecular flexibility index (Phi) is 9.08. The molecule has 0 aliphatic carbocycles. The van der Waals surface area contributed by atoms with Gasteiger partial charge in [0.2, 0.25) is 0 Å². The molecule has 3 aromatic heterocycles. The number of carbonyl (C=O) groups is 1. The molecule has 180 valence electrons. The molecule has 0 spiro atoms. The second-order valence-electron chi connectivity index (χ2n) is 7.85. The van der Waals surface area contributed by atoms with Gasteiger partial charge in [0.1, 0.15) is 5.52 Å². The predicted molar refractivity (Wildman–Crippen MR) is 134 cm³/mol. The van der Waals surface area contributed by atoms with Gasteiger partial charge in [-0.15, -0.1) is 0 Å². The number of fused-ring (bicyclic) bond motifs is 1. The lowest BCUT2D eigenvalue weighted by Gasteiger charge is -2.38. The zero-order valence-electron chi connectivity index (χ0n) is 19.3. The maximum Gasteiger partial charge on any atom is 0.323 e. The number of rotatable bonds is 3. The number of benzene rings is 1. The van der Waals surface area contributed by atoms with E-state index in [1.165, 1.54) is 11.3 Å². The van der Waals surface area contributed by atoms with E-state index in [0.717, 1.165) is 22.9 Å². The maximum absolute atomic E-state index is 12.5. The Hall–Kier alpha value is -3.34. The number of likely N-dealkylation sites (tertiary alicyclic amines) is 1. The van der Waals surface area contributed by atoms with E-state index in [2.05, 4.69) is 20.4 Å². The summed E-state index contributed by atoms with van der Waals surface area (Å²) in [5.74, 6) is 0. The minimum Gasteiger partial charge on any atom is -0.400 e. The SMILES string of the molecule is CO.Cn1cccn1.O=C(Nc1nc2cnccc2s1)N1CCC(O)(Cc2ccccc2)CC1. The number of nitrogens with one attached hydrogen (secondary N) is 1. The molecule has 4 heterocycles. The first-order valence-electron chi connectivity index (χ1n) is 10.9. The average molecular weight is 483 g/mol. The van der Waals surface area contributed by atoms with Crippen LogP contribution in [0.4, 0.5) is 9.93 Å². The first kappa shape index (κ1) is 25.3. The molecule has 1 aliphatic heterocycles. The fraction of sp³-hybridized carbons (Fsp3) is 0.333. The summed E-state index contributed by atoms with van der Waals surface area (Å²) in [5.41, 5.74) is 1.15. The number of nitrogens with zero attached hydrogens (tertiary/aromatic N) is 5. The van der Waals surface area contributed by atoms with Crippen LogP contribution in [0.5, 0.6) is 0 Å². The zero-order valence-corrected chi connectivity index (χ0v) is 20.1. The van der Waals surface area contributed by atoms with Crippen molar-refractivity contribution in [2.45, 2.75) is 24.9 Å². The molecule has 3 N–H and O–H groups in total. The van der Waals surface area contributed by atoms with E-state index in [1.54, 1.807) is 28.2 Å². The summed E-state index contributed by atoms with van der Waals surface area (Å²) in [6.45, 7) is 1.06. The Morgan fingerprint density at radius 3 is 2.44 bits per heavy atom. The second-order valence-corrected chi connectivity index (χ2v) is 8.88. The van der Waals surface area contributed by atoms with Crippen molar-refractivity contribution in [1.82, 2.24) is 24.6 Å².